The fourth-order valence-corrected chi connectivity index (χ4v) is 7.68. The van der Waals surface area contributed by atoms with E-state index in [1.807, 2.05) is 38.1 Å². The Morgan fingerprint density at radius 3 is 2.28 bits per heavy atom. The molecule has 0 bridgehead atoms. The third-order valence-corrected chi connectivity index (χ3v) is 10.4. The van der Waals surface area contributed by atoms with Crippen LogP contribution < -0.4 is 10.4 Å². The molecular formula is C33H48O5Si. The summed E-state index contributed by atoms with van der Waals surface area (Å²) in [6, 6.07) is 15.3. The molecule has 0 fully saturated rings. The van der Waals surface area contributed by atoms with E-state index in [9.17, 15) is 4.79 Å². The Labute approximate surface area is 236 Å². The molecule has 0 spiro atoms. The average molecular weight is 553 g/mol. The predicted octanol–water partition coefficient (Wildman–Crippen LogP) is 8.84. The molecule has 39 heavy (non-hydrogen) atoms. The Kier molecular flexibility index (Phi) is 12.8. The van der Waals surface area contributed by atoms with E-state index < -0.39 is 8.56 Å². The van der Waals surface area contributed by atoms with Gasteiger partial charge in [0.2, 0.25) is 0 Å². The van der Waals surface area contributed by atoms with Gasteiger partial charge in [0.15, 0.2) is 0 Å². The van der Waals surface area contributed by atoms with Crippen LogP contribution in [0.2, 0.25) is 12.6 Å². The molecule has 0 unspecified atom stereocenters. The first-order valence-electron chi connectivity index (χ1n) is 15.0. The maximum atomic E-state index is 13.0. The number of fused-ring (bicyclic) bond motifs is 1. The fourth-order valence-electron chi connectivity index (χ4n) is 5.19. The molecule has 0 N–H and O–H groups in total. The maximum Gasteiger partial charge on any atom is 0.344 e. The SMILES string of the molecule is CCCCCc1ccc(-c2cc3ccc(OCCCCCC[Si](C)(OCC)OCC)cc3oc2=O)c(CC)c1. The van der Waals surface area contributed by atoms with E-state index in [1.54, 1.807) is 0 Å². The highest BCUT2D eigenvalue weighted by molar-refractivity contribution is 6.66. The largest absolute Gasteiger partial charge is 0.493 e. The molecule has 0 saturated heterocycles. The quantitative estimate of drug-likeness (QED) is 0.0896. The highest BCUT2D eigenvalue weighted by Gasteiger charge is 2.29. The summed E-state index contributed by atoms with van der Waals surface area (Å²) in [4.78, 5) is 13.0. The van der Waals surface area contributed by atoms with Crippen molar-refractivity contribution in [3.8, 4) is 16.9 Å². The van der Waals surface area contributed by atoms with Gasteiger partial charge < -0.3 is 18.0 Å². The van der Waals surface area contributed by atoms with Crippen LogP contribution in [-0.2, 0) is 21.7 Å². The molecule has 0 aliphatic rings. The predicted molar refractivity (Wildman–Crippen MR) is 164 cm³/mol. The molecular weight excluding hydrogens is 504 g/mol. The van der Waals surface area contributed by atoms with Crippen molar-refractivity contribution in [1.82, 2.24) is 0 Å². The number of ether oxygens (including phenoxy) is 1. The molecule has 1 aromatic heterocycles. The third-order valence-electron chi connectivity index (χ3n) is 7.31. The van der Waals surface area contributed by atoms with Crippen LogP contribution in [0.1, 0.15) is 83.8 Å². The lowest BCUT2D eigenvalue weighted by Crippen LogP contribution is -2.38. The van der Waals surface area contributed by atoms with E-state index in [1.165, 1.54) is 30.4 Å². The van der Waals surface area contributed by atoms with Crippen LogP contribution in [0.3, 0.4) is 0 Å². The standard InChI is InChI=1S/C33H48O5Si/c1-6-10-13-16-26-17-20-30(27(7-2)23-26)31-24-28-18-19-29(25-32(28)38-33(31)34)35-21-14-11-12-15-22-39(5,36-8-3)37-9-4/h17-20,23-25H,6-16,21-22H2,1-5H3. The van der Waals surface area contributed by atoms with Gasteiger partial charge in [-0.3, -0.25) is 0 Å². The zero-order valence-electron chi connectivity index (χ0n) is 24.8. The molecule has 3 aromatic rings. The number of rotatable bonds is 18. The van der Waals surface area contributed by atoms with Gasteiger partial charge in [-0.15, -0.1) is 0 Å². The molecule has 5 nitrogen and oxygen atoms in total. The Balaban J connectivity index is 1.57. The minimum absolute atomic E-state index is 0.303. The fraction of sp³-hybridized carbons (Fsp3) is 0.545. The maximum absolute atomic E-state index is 13.0. The molecule has 214 valence electrons. The van der Waals surface area contributed by atoms with Crippen molar-refractivity contribution >= 4 is 19.5 Å². The molecule has 0 saturated carbocycles. The lowest BCUT2D eigenvalue weighted by molar-refractivity contribution is 0.188. The van der Waals surface area contributed by atoms with E-state index in [4.69, 9.17) is 18.0 Å². The molecule has 0 aliphatic heterocycles. The third kappa shape index (κ3) is 9.33. The van der Waals surface area contributed by atoms with E-state index in [0.717, 1.165) is 74.5 Å². The van der Waals surface area contributed by atoms with Gasteiger partial charge in [0.05, 0.1) is 12.2 Å². The summed E-state index contributed by atoms with van der Waals surface area (Å²) < 4.78 is 23.6. The second-order valence-corrected chi connectivity index (χ2v) is 13.8. The monoisotopic (exact) mass is 552 g/mol. The van der Waals surface area contributed by atoms with Crippen molar-refractivity contribution in [3.05, 3.63) is 64.0 Å². The minimum Gasteiger partial charge on any atom is -0.493 e. The van der Waals surface area contributed by atoms with Gasteiger partial charge in [0, 0.05) is 24.7 Å². The second-order valence-electron chi connectivity index (χ2n) is 10.5. The number of hydrogen-bond acceptors (Lipinski definition) is 5. The lowest BCUT2D eigenvalue weighted by atomic mass is 9.94. The van der Waals surface area contributed by atoms with Gasteiger partial charge in [-0.1, -0.05) is 64.2 Å². The number of unbranched alkanes of at least 4 members (excludes halogenated alkanes) is 5. The Bertz CT molecular complexity index is 1210. The first kappa shape index (κ1) is 31.1. The summed E-state index contributed by atoms with van der Waals surface area (Å²) in [6.45, 7) is 12.7. The Hall–Kier alpha value is -2.41. The lowest BCUT2D eigenvalue weighted by Gasteiger charge is -2.25. The molecule has 0 atom stereocenters. The van der Waals surface area contributed by atoms with Crippen LogP contribution in [0.25, 0.3) is 22.1 Å². The first-order chi connectivity index (χ1) is 18.9. The minimum atomic E-state index is -2.01. The van der Waals surface area contributed by atoms with Crippen molar-refractivity contribution in [2.24, 2.45) is 0 Å². The van der Waals surface area contributed by atoms with E-state index in [2.05, 4.69) is 38.6 Å². The molecule has 2 aromatic carbocycles. The van der Waals surface area contributed by atoms with Gasteiger partial charge in [0.1, 0.15) is 11.3 Å². The van der Waals surface area contributed by atoms with Crippen LogP contribution in [0.5, 0.6) is 5.75 Å². The molecule has 3 rings (SSSR count). The van der Waals surface area contributed by atoms with Crippen molar-refractivity contribution in [1.29, 1.82) is 0 Å². The smallest absolute Gasteiger partial charge is 0.344 e. The highest BCUT2D eigenvalue weighted by atomic mass is 28.4. The van der Waals surface area contributed by atoms with Crippen LogP contribution in [0, 0.1) is 0 Å². The zero-order chi connectivity index (χ0) is 28.1. The molecule has 1 heterocycles. The summed E-state index contributed by atoms with van der Waals surface area (Å²) >= 11 is 0. The summed E-state index contributed by atoms with van der Waals surface area (Å²) in [7, 11) is -2.01. The Morgan fingerprint density at radius 1 is 0.795 bits per heavy atom. The van der Waals surface area contributed by atoms with Crippen molar-refractivity contribution in [2.75, 3.05) is 19.8 Å². The van der Waals surface area contributed by atoms with Crippen LogP contribution >= 0.6 is 0 Å². The van der Waals surface area contributed by atoms with E-state index >= 15 is 0 Å². The summed E-state index contributed by atoms with van der Waals surface area (Å²) in [5.74, 6) is 0.733. The van der Waals surface area contributed by atoms with Gasteiger partial charge in [0.25, 0.3) is 0 Å². The normalized spacial score (nSPS) is 11.8. The van der Waals surface area contributed by atoms with Gasteiger partial charge in [-0.25, -0.2) is 4.79 Å². The second kappa shape index (κ2) is 16.0. The van der Waals surface area contributed by atoms with Crippen LogP contribution in [0.15, 0.2) is 51.7 Å². The van der Waals surface area contributed by atoms with Gasteiger partial charge in [-0.2, -0.15) is 0 Å². The molecule has 0 radical (unpaired) electrons. The van der Waals surface area contributed by atoms with Gasteiger partial charge >= 0.3 is 14.2 Å². The first-order valence-corrected chi connectivity index (χ1v) is 17.6. The summed E-state index contributed by atoms with van der Waals surface area (Å²) in [5.41, 5.74) is 4.39. The topological polar surface area (TPSA) is 57.9 Å². The molecule has 0 aliphatic carbocycles. The van der Waals surface area contributed by atoms with Crippen molar-refractivity contribution in [2.45, 2.75) is 98.1 Å². The highest BCUT2D eigenvalue weighted by Crippen LogP contribution is 2.28. The van der Waals surface area contributed by atoms with Gasteiger partial charge in [-0.05, 0) is 87.0 Å². The number of aryl methyl sites for hydroxylation is 2. The van der Waals surface area contributed by atoms with E-state index in [0.29, 0.717) is 17.8 Å². The Morgan fingerprint density at radius 2 is 1.56 bits per heavy atom. The number of hydrogen-bond donors (Lipinski definition) is 0. The van der Waals surface area contributed by atoms with Crippen LogP contribution in [-0.4, -0.2) is 28.4 Å². The van der Waals surface area contributed by atoms with Crippen molar-refractivity contribution in [3.63, 3.8) is 0 Å². The summed E-state index contributed by atoms with van der Waals surface area (Å²) in [6.07, 6.45) is 9.96. The zero-order valence-corrected chi connectivity index (χ0v) is 25.8. The van der Waals surface area contributed by atoms with E-state index in [-0.39, 0.29) is 5.63 Å². The molecule has 6 heteroatoms. The molecule has 0 amide bonds. The van der Waals surface area contributed by atoms with Crippen LogP contribution in [0.4, 0.5) is 0 Å². The number of benzene rings is 2. The van der Waals surface area contributed by atoms with Crippen molar-refractivity contribution < 1.29 is 18.0 Å². The summed E-state index contributed by atoms with van der Waals surface area (Å²) in [5, 5.41) is 0.904. The average Bonchev–Trinajstić information content (AvgIpc) is 2.92.